The van der Waals surface area contributed by atoms with Gasteiger partial charge in [-0.3, -0.25) is 4.90 Å². The van der Waals surface area contributed by atoms with Gasteiger partial charge in [0.2, 0.25) is 25.0 Å². The number of ether oxygens (including phenoxy) is 3. The molecule has 1 aliphatic rings. The van der Waals surface area contributed by atoms with Crippen LogP contribution in [0.3, 0.4) is 0 Å². The largest absolute Gasteiger partial charge is 0.493 e. The normalized spacial score (nSPS) is 14.2. The molecule has 0 aliphatic carbocycles. The van der Waals surface area contributed by atoms with Gasteiger partial charge in [0.05, 0.1) is 35.9 Å². The van der Waals surface area contributed by atoms with Crippen molar-refractivity contribution >= 4 is 41.7 Å². The Hall–Kier alpha value is -4.95. The highest BCUT2D eigenvalue weighted by atomic mass is 32.2. The predicted octanol–water partition coefficient (Wildman–Crippen LogP) is 5.78. The maximum atomic E-state index is 13.1. The number of hydrogen-bond acceptors (Lipinski definition) is 9. The number of methoxy groups -OCH3 is 2. The lowest BCUT2D eigenvalue weighted by Gasteiger charge is -2.34. The molecule has 1 saturated heterocycles. The highest BCUT2D eigenvalue weighted by Gasteiger charge is 2.29. The van der Waals surface area contributed by atoms with E-state index in [1.807, 2.05) is 78.9 Å². The van der Waals surface area contributed by atoms with E-state index in [4.69, 9.17) is 14.2 Å². The van der Waals surface area contributed by atoms with Crippen LogP contribution in [0.2, 0.25) is 0 Å². The van der Waals surface area contributed by atoms with Crippen molar-refractivity contribution in [2.45, 2.75) is 16.6 Å². The van der Waals surface area contributed by atoms with E-state index in [9.17, 15) is 16.8 Å². The lowest BCUT2D eigenvalue weighted by atomic mass is 10.1. The van der Waals surface area contributed by atoms with Crippen LogP contribution < -0.4 is 14.2 Å². The van der Waals surface area contributed by atoms with Crippen molar-refractivity contribution in [2.24, 2.45) is 0 Å². The molecule has 266 valence electrons. The molecule has 0 radical (unpaired) electrons. The van der Waals surface area contributed by atoms with Gasteiger partial charge in [-0.15, -0.1) is 0 Å². The maximum absolute atomic E-state index is 13.1. The first-order chi connectivity index (χ1) is 24.7. The Morgan fingerprint density at radius 3 is 2.12 bits per heavy atom. The van der Waals surface area contributed by atoms with E-state index in [-0.39, 0.29) is 17.5 Å². The van der Waals surface area contributed by atoms with Crippen LogP contribution in [0.4, 0.5) is 0 Å². The Morgan fingerprint density at radius 2 is 1.39 bits per heavy atom. The van der Waals surface area contributed by atoms with E-state index in [2.05, 4.69) is 14.9 Å². The fourth-order valence-electron chi connectivity index (χ4n) is 5.80. The molecule has 7 rings (SSSR count). The first-order valence-electron chi connectivity index (χ1n) is 16.4. The van der Waals surface area contributed by atoms with Crippen LogP contribution in [0.1, 0.15) is 5.56 Å². The van der Waals surface area contributed by atoms with Crippen LogP contribution >= 0.6 is 0 Å². The molecule has 0 spiro atoms. The smallest absolute Gasteiger partial charge is 0.243 e. The highest BCUT2D eigenvalue weighted by Crippen LogP contribution is 2.29. The van der Waals surface area contributed by atoms with Crippen LogP contribution in [0.5, 0.6) is 17.2 Å². The Morgan fingerprint density at radius 1 is 0.706 bits per heavy atom. The Balaban J connectivity index is 0.000000187. The lowest BCUT2D eigenvalue weighted by molar-refractivity contribution is 0.181. The van der Waals surface area contributed by atoms with Crippen molar-refractivity contribution in [1.82, 2.24) is 19.2 Å². The SMILES string of the molecule is COc1ccc(CN2CCN(S(=O)(=O)c3ccc4ccccc4c3)CC2)cc1OC.O=S(=O)(CCOc1ccccc1)c1nc2ccccc2[nH]1. The Kier molecular flexibility index (Phi) is 11.2. The number of H-pyrrole nitrogens is 1. The van der Waals surface area contributed by atoms with Crippen LogP contribution in [0.15, 0.2) is 125 Å². The fraction of sp³-hybridized carbons (Fsp3) is 0.237. The monoisotopic (exact) mass is 728 g/mol. The molecule has 0 unspecified atom stereocenters. The Bertz CT molecular complexity index is 2270. The van der Waals surface area contributed by atoms with Crippen molar-refractivity contribution in [2.75, 3.05) is 52.8 Å². The number of nitrogens with one attached hydrogen (secondary N) is 1. The molecular formula is C38H40N4O7S2. The van der Waals surface area contributed by atoms with Crippen molar-refractivity contribution in [3.05, 3.63) is 121 Å². The number of hydrogen-bond donors (Lipinski definition) is 1. The summed E-state index contributed by atoms with van der Waals surface area (Å²) < 4.78 is 68.4. The number of aromatic amines is 1. The number of para-hydroxylation sites is 3. The summed E-state index contributed by atoms with van der Waals surface area (Å²) in [6, 6.07) is 35.3. The molecule has 0 bridgehead atoms. The summed E-state index contributed by atoms with van der Waals surface area (Å²) in [4.78, 5) is 9.55. The minimum absolute atomic E-state index is 0.0136. The van der Waals surface area contributed by atoms with E-state index in [1.165, 1.54) is 0 Å². The summed E-state index contributed by atoms with van der Waals surface area (Å²) in [7, 11) is -3.74. The summed E-state index contributed by atoms with van der Waals surface area (Å²) in [5.41, 5.74) is 2.46. The van der Waals surface area contributed by atoms with Gasteiger partial charge in [-0.25, -0.2) is 21.8 Å². The quantitative estimate of drug-likeness (QED) is 0.177. The molecule has 1 fully saturated rings. The zero-order chi connectivity index (χ0) is 35.8. The van der Waals surface area contributed by atoms with Crippen molar-refractivity contribution in [1.29, 1.82) is 0 Å². The third kappa shape index (κ3) is 8.68. The van der Waals surface area contributed by atoms with Crippen LogP contribution in [-0.4, -0.2) is 88.8 Å². The molecule has 6 aromatic rings. The summed E-state index contributed by atoms with van der Waals surface area (Å²) in [5, 5.41) is 1.96. The lowest BCUT2D eigenvalue weighted by Crippen LogP contribution is -2.48. The van der Waals surface area contributed by atoms with Gasteiger partial charge in [0.25, 0.3) is 0 Å². The molecule has 1 aromatic heterocycles. The highest BCUT2D eigenvalue weighted by molar-refractivity contribution is 7.91. The molecule has 1 N–H and O–H groups in total. The van der Waals surface area contributed by atoms with Gasteiger partial charge in [-0.1, -0.05) is 66.7 Å². The number of rotatable bonds is 11. The molecule has 13 heteroatoms. The van der Waals surface area contributed by atoms with Crippen LogP contribution in [-0.2, 0) is 26.4 Å². The number of aromatic nitrogens is 2. The van der Waals surface area contributed by atoms with E-state index in [0.29, 0.717) is 59.4 Å². The molecule has 11 nitrogen and oxygen atoms in total. The van der Waals surface area contributed by atoms with Crippen molar-refractivity contribution in [3.63, 3.8) is 0 Å². The van der Waals surface area contributed by atoms with Gasteiger partial charge in [0.15, 0.2) is 11.5 Å². The fourth-order valence-corrected chi connectivity index (χ4v) is 8.26. The van der Waals surface area contributed by atoms with E-state index >= 15 is 0 Å². The zero-order valence-corrected chi connectivity index (χ0v) is 30.1. The number of fused-ring (bicyclic) bond motifs is 2. The number of benzene rings is 5. The molecule has 2 heterocycles. The van der Waals surface area contributed by atoms with E-state index in [1.54, 1.807) is 54.9 Å². The van der Waals surface area contributed by atoms with Crippen LogP contribution in [0, 0.1) is 0 Å². The number of sulfone groups is 1. The van der Waals surface area contributed by atoms with Gasteiger partial charge in [0.1, 0.15) is 12.4 Å². The van der Waals surface area contributed by atoms with Gasteiger partial charge < -0.3 is 19.2 Å². The molecule has 0 saturated carbocycles. The predicted molar refractivity (Wildman–Crippen MR) is 198 cm³/mol. The number of sulfonamides is 1. The average molecular weight is 729 g/mol. The van der Waals surface area contributed by atoms with Gasteiger partial charge >= 0.3 is 0 Å². The summed E-state index contributed by atoms with van der Waals surface area (Å²) in [6.07, 6.45) is 0. The molecule has 0 atom stereocenters. The Labute approximate surface area is 298 Å². The summed E-state index contributed by atoms with van der Waals surface area (Å²) in [6.45, 7) is 3.14. The third-order valence-corrected chi connectivity index (χ3v) is 12.0. The second-order valence-corrected chi connectivity index (χ2v) is 15.9. The molecule has 1 aliphatic heterocycles. The van der Waals surface area contributed by atoms with Gasteiger partial charge in [-0.05, 0) is 64.9 Å². The second-order valence-electron chi connectivity index (χ2n) is 11.9. The van der Waals surface area contributed by atoms with E-state index in [0.717, 1.165) is 22.9 Å². The first kappa shape index (κ1) is 35.9. The number of piperazine rings is 1. The second kappa shape index (κ2) is 15.9. The molecule has 5 aromatic carbocycles. The van der Waals surface area contributed by atoms with E-state index < -0.39 is 19.9 Å². The average Bonchev–Trinajstić information content (AvgIpc) is 3.61. The third-order valence-electron chi connectivity index (χ3n) is 8.57. The van der Waals surface area contributed by atoms with Crippen molar-refractivity contribution < 1.29 is 31.0 Å². The standard InChI is InChI=1S/C23H26N2O4S.C15H14N2O3S/c1-28-22-10-7-18(15-23(22)29-2)17-24-11-13-25(14-12-24)30(26,27)21-9-8-19-5-3-4-6-20(19)16-21;18-21(19,11-10-20-12-6-2-1-3-7-12)15-16-13-8-4-5-9-14(13)17-15/h3-10,15-16H,11-14,17H2,1-2H3;1-9H,10-11H2,(H,16,17). The minimum Gasteiger partial charge on any atom is -0.493 e. The first-order valence-corrected chi connectivity index (χ1v) is 19.5. The molecule has 51 heavy (non-hydrogen) atoms. The molecule has 0 amide bonds. The van der Waals surface area contributed by atoms with Crippen LogP contribution in [0.25, 0.3) is 21.8 Å². The topological polar surface area (TPSA) is 131 Å². The minimum atomic E-state index is -3.50. The van der Waals surface area contributed by atoms with Gasteiger partial charge in [0, 0.05) is 32.7 Å². The summed E-state index contributed by atoms with van der Waals surface area (Å²) >= 11 is 0. The van der Waals surface area contributed by atoms with Gasteiger partial charge in [-0.2, -0.15) is 4.31 Å². The van der Waals surface area contributed by atoms with Crippen molar-refractivity contribution in [3.8, 4) is 17.2 Å². The molecular weight excluding hydrogens is 689 g/mol. The zero-order valence-electron chi connectivity index (χ0n) is 28.4. The summed E-state index contributed by atoms with van der Waals surface area (Å²) in [5.74, 6) is 1.93. The maximum Gasteiger partial charge on any atom is 0.243 e. The number of imidazole rings is 1. The number of nitrogens with zero attached hydrogens (tertiary/aromatic N) is 3.